The lowest BCUT2D eigenvalue weighted by Crippen LogP contribution is -2.35. The van der Waals surface area contributed by atoms with Crippen molar-refractivity contribution in [2.45, 2.75) is 46.2 Å². The molecule has 0 saturated heterocycles. The Hall–Kier alpha value is -1.66. The van der Waals surface area contributed by atoms with Crippen molar-refractivity contribution >= 4 is 21.9 Å². The van der Waals surface area contributed by atoms with Gasteiger partial charge in [0.2, 0.25) is 0 Å². The molecule has 1 N–H and O–H groups in total. The normalized spacial score (nSPS) is 11.7. The molecule has 1 aromatic carbocycles. The highest BCUT2D eigenvalue weighted by Crippen LogP contribution is 2.23. The molecular weight excluding hydrogens is 370 g/mol. The van der Waals surface area contributed by atoms with Gasteiger partial charge in [-0.15, -0.1) is 0 Å². The first-order chi connectivity index (χ1) is 11.3. The number of hydrogen-bond acceptors (Lipinski definition) is 3. The van der Waals surface area contributed by atoms with Crippen molar-refractivity contribution < 1.29 is 9.90 Å². The second kappa shape index (κ2) is 7.94. The highest BCUT2D eigenvalue weighted by molar-refractivity contribution is 9.10. The van der Waals surface area contributed by atoms with Crippen molar-refractivity contribution in [3.63, 3.8) is 0 Å². The Labute approximate surface area is 151 Å². The van der Waals surface area contributed by atoms with E-state index < -0.39 is 5.97 Å². The van der Waals surface area contributed by atoms with Gasteiger partial charge in [0.1, 0.15) is 0 Å². The number of rotatable bonds is 7. The Morgan fingerprint density at radius 3 is 2.38 bits per heavy atom. The highest BCUT2D eigenvalue weighted by atomic mass is 79.9. The van der Waals surface area contributed by atoms with E-state index in [4.69, 9.17) is 10.2 Å². The zero-order valence-electron chi connectivity index (χ0n) is 14.5. The molecule has 0 amide bonds. The minimum absolute atomic E-state index is 0.0265. The van der Waals surface area contributed by atoms with Crippen LogP contribution in [0.25, 0.3) is 5.69 Å². The third-order valence-electron chi connectivity index (χ3n) is 3.90. The van der Waals surface area contributed by atoms with Crippen LogP contribution >= 0.6 is 15.9 Å². The quantitative estimate of drug-likeness (QED) is 0.770. The lowest BCUT2D eigenvalue weighted by molar-refractivity contribution is -0.138. The maximum absolute atomic E-state index is 11.1. The molecule has 0 unspecified atom stereocenters. The first-order valence-electron chi connectivity index (χ1n) is 8.08. The summed E-state index contributed by atoms with van der Waals surface area (Å²) in [4.78, 5) is 13.1. The van der Waals surface area contributed by atoms with Crippen LogP contribution in [0.15, 0.2) is 34.9 Å². The average Bonchev–Trinajstić information content (AvgIpc) is 2.91. The molecule has 130 valence electrons. The highest BCUT2D eigenvalue weighted by Gasteiger charge is 2.19. The van der Waals surface area contributed by atoms with E-state index in [0.29, 0.717) is 6.54 Å². The molecule has 24 heavy (non-hydrogen) atoms. The summed E-state index contributed by atoms with van der Waals surface area (Å²) in [5.74, 6) is -0.536. The SMILES string of the molecule is CC(C)c1nn(-c2ccc(Br)cc2)cc1CN(CC(=O)O)C(C)C. The van der Waals surface area contributed by atoms with Gasteiger partial charge in [0.05, 0.1) is 17.9 Å². The van der Waals surface area contributed by atoms with Gasteiger partial charge in [0.15, 0.2) is 0 Å². The van der Waals surface area contributed by atoms with E-state index in [1.54, 1.807) is 0 Å². The minimum atomic E-state index is -0.810. The summed E-state index contributed by atoms with van der Waals surface area (Å²) in [5, 5.41) is 13.9. The Balaban J connectivity index is 2.34. The molecule has 1 aromatic heterocycles. The number of aliphatic carboxylic acids is 1. The van der Waals surface area contributed by atoms with E-state index in [2.05, 4.69) is 29.8 Å². The largest absolute Gasteiger partial charge is 0.480 e. The average molecular weight is 394 g/mol. The van der Waals surface area contributed by atoms with Gasteiger partial charge in [-0.3, -0.25) is 9.69 Å². The summed E-state index contributed by atoms with van der Waals surface area (Å²) in [5.41, 5.74) is 3.07. The van der Waals surface area contributed by atoms with Crippen molar-refractivity contribution in [3.05, 3.63) is 46.2 Å². The fourth-order valence-corrected chi connectivity index (χ4v) is 2.84. The van der Waals surface area contributed by atoms with Gasteiger partial charge in [0, 0.05) is 28.8 Å². The number of benzene rings is 1. The Morgan fingerprint density at radius 1 is 1.25 bits per heavy atom. The van der Waals surface area contributed by atoms with E-state index >= 15 is 0 Å². The molecule has 6 heteroatoms. The maximum atomic E-state index is 11.1. The van der Waals surface area contributed by atoms with Crippen LogP contribution in [0.1, 0.15) is 44.9 Å². The molecule has 0 atom stereocenters. The number of carbonyl (C=O) groups is 1. The summed E-state index contributed by atoms with van der Waals surface area (Å²) >= 11 is 3.44. The maximum Gasteiger partial charge on any atom is 0.317 e. The second-order valence-corrected chi connectivity index (χ2v) is 7.42. The van der Waals surface area contributed by atoms with Crippen LogP contribution in [0.4, 0.5) is 0 Å². The molecule has 5 nitrogen and oxygen atoms in total. The lowest BCUT2D eigenvalue weighted by atomic mass is 10.1. The lowest BCUT2D eigenvalue weighted by Gasteiger charge is -2.24. The summed E-state index contributed by atoms with van der Waals surface area (Å²) in [6.45, 7) is 8.84. The van der Waals surface area contributed by atoms with E-state index in [0.717, 1.165) is 21.4 Å². The monoisotopic (exact) mass is 393 g/mol. The standard InChI is InChI=1S/C18H24BrN3O2/c1-12(2)18-14(9-21(13(3)4)11-17(23)24)10-22(20-18)16-7-5-15(19)6-8-16/h5-8,10,12-13H,9,11H2,1-4H3,(H,23,24). The number of aromatic nitrogens is 2. The van der Waals surface area contributed by atoms with Gasteiger partial charge in [0.25, 0.3) is 0 Å². The Bertz CT molecular complexity index is 693. The molecule has 0 bridgehead atoms. The zero-order valence-corrected chi connectivity index (χ0v) is 16.1. The molecule has 0 spiro atoms. The molecule has 2 rings (SSSR count). The number of halogens is 1. The van der Waals surface area contributed by atoms with Crippen LogP contribution < -0.4 is 0 Å². The first kappa shape index (κ1) is 18.7. The van der Waals surface area contributed by atoms with Gasteiger partial charge < -0.3 is 5.11 Å². The van der Waals surface area contributed by atoms with Crippen LogP contribution in [0, 0.1) is 0 Å². The molecule has 0 radical (unpaired) electrons. The van der Waals surface area contributed by atoms with Gasteiger partial charge >= 0.3 is 5.97 Å². The summed E-state index contributed by atoms with van der Waals surface area (Å²) in [6, 6.07) is 8.12. The molecule has 0 fully saturated rings. The third-order valence-corrected chi connectivity index (χ3v) is 4.43. The van der Waals surface area contributed by atoms with Gasteiger partial charge in [-0.25, -0.2) is 4.68 Å². The zero-order chi connectivity index (χ0) is 17.9. The smallest absolute Gasteiger partial charge is 0.317 e. The molecule has 1 heterocycles. The van der Waals surface area contributed by atoms with Gasteiger partial charge in [-0.2, -0.15) is 5.10 Å². The minimum Gasteiger partial charge on any atom is -0.480 e. The summed E-state index contributed by atoms with van der Waals surface area (Å²) < 4.78 is 2.89. The van der Waals surface area contributed by atoms with Crippen LogP contribution in [0.5, 0.6) is 0 Å². The van der Waals surface area contributed by atoms with Gasteiger partial charge in [-0.1, -0.05) is 29.8 Å². The van der Waals surface area contributed by atoms with Crippen molar-refractivity contribution in [3.8, 4) is 5.69 Å². The third kappa shape index (κ3) is 4.68. The van der Waals surface area contributed by atoms with Crippen molar-refractivity contribution in [2.24, 2.45) is 0 Å². The predicted octanol–water partition coefficient (Wildman–Crippen LogP) is 4.05. The summed E-state index contributed by atoms with van der Waals surface area (Å²) in [6.07, 6.45) is 2.01. The number of carboxylic acid groups (broad SMARTS) is 1. The van der Waals surface area contributed by atoms with Crippen LogP contribution in [0.3, 0.4) is 0 Å². The summed E-state index contributed by atoms with van der Waals surface area (Å²) in [7, 11) is 0. The predicted molar refractivity (Wildman–Crippen MR) is 98.5 cm³/mol. The van der Waals surface area contributed by atoms with Crippen LogP contribution in [0.2, 0.25) is 0 Å². The number of nitrogens with zero attached hydrogens (tertiary/aromatic N) is 3. The Morgan fingerprint density at radius 2 is 1.88 bits per heavy atom. The van der Waals surface area contributed by atoms with Gasteiger partial charge in [-0.05, 0) is 44.0 Å². The molecular formula is C18H24BrN3O2. The molecule has 2 aromatic rings. The molecule has 0 aliphatic carbocycles. The van der Waals surface area contributed by atoms with E-state index in [1.165, 1.54) is 0 Å². The van der Waals surface area contributed by atoms with E-state index in [-0.39, 0.29) is 18.5 Å². The molecule has 0 aliphatic heterocycles. The van der Waals surface area contributed by atoms with Crippen molar-refractivity contribution in [1.82, 2.24) is 14.7 Å². The fraction of sp³-hybridized carbons (Fsp3) is 0.444. The number of carboxylic acids is 1. The fourth-order valence-electron chi connectivity index (χ4n) is 2.57. The number of hydrogen-bond donors (Lipinski definition) is 1. The van der Waals surface area contributed by atoms with Crippen molar-refractivity contribution in [1.29, 1.82) is 0 Å². The second-order valence-electron chi connectivity index (χ2n) is 6.51. The first-order valence-corrected chi connectivity index (χ1v) is 8.87. The molecule has 0 aliphatic rings. The van der Waals surface area contributed by atoms with Crippen LogP contribution in [-0.4, -0.2) is 38.3 Å². The topological polar surface area (TPSA) is 58.4 Å². The van der Waals surface area contributed by atoms with Crippen LogP contribution in [-0.2, 0) is 11.3 Å². The van der Waals surface area contributed by atoms with E-state index in [9.17, 15) is 4.79 Å². The van der Waals surface area contributed by atoms with Crippen molar-refractivity contribution in [2.75, 3.05) is 6.54 Å². The Kier molecular flexibility index (Phi) is 6.18. The van der Waals surface area contributed by atoms with E-state index in [1.807, 2.05) is 53.9 Å². The molecule has 0 saturated carbocycles.